The van der Waals surface area contributed by atoms with Gasteiger partial charge < -0.3 is 18.9 Å². The highest BCUT2D eigenvalue weighted by molar-refractivity contribution is 6.09. The molecule has 0 saturated carbocycles. The Morgan fingerprint density at radius 2 is 2.00 bits per heavy atom. The Morgan fingerprint density at radius 3 is 2.64 bits per heavy atom. The first-order valence-electron chi connectivity index (χ1n) is 8.18. The highest BCUT2D eigenvalue weighted by Gasteiger charge is 2.27. The number of methoxy groups -OCH3 is 1. The van der Waals surface area contributed by atoms with E-state index in [2.05, 4.69) is 9.55 Å². The van der Waals surface area contributed by atoms with E-state index in [-0.39, 0.29) is 6.04 Å². The van der Waals surface area contributed by atoms with Gasteiger partial charge in [-0.1, -0.05) is 0 Å². The molecule has 3 aromatic rings. The van der Waals surface area contributed by atoms with E-state index in [0.717, 1.165) is 33.2 Å². The van der Waals surface area contributed by atoms with Crippen molar-refractivity contribution in [3.05, 3.63) is 36.2 Å². The predicted octanol–water partition coefficient (Wildman–Crippen LogP) is 3.13. The minimum absolute atomic E-state index is 0.0326. The minimum Gasteiger partial charge on any atom is -0.497 e. The molecule has 0 aliphatic heterocycles. The maximum atomic E-state index is 11.2. The number of carbonyl (C=O) groups is 1. The van der Waals surface area contributed by atoms with Crippen molar-refractivity contribution >= 4 is 28.3 Å². The van der Waals surface area contributed by atoms with Crippen LogP contribution in [0.1, 0.15) is 18.8 Å². The SMILES string of the molecule is COc1ccc2c3ccnc(C)c3n(C(OC=O)C(C)N(C)C)c2c1. The van der Waals surface area contributed by atoms with Crippen LogP contribution in [0.4, 0.5) is 0 Å². The van der Waals surface area contributed by atoms with Crippen LogP contribution in [0.5, 0.6) is 5.75 Å². The standard InChI is InChI=1S/C19H23N3O3/c1-12-18-16(8-9-20-12)15-7-6-14(24-5)10-17(15)22(18)19(25-11-23)13(2)21(3)4/h6-11,13,19H,1-5H3. The summed E-state index contributed by atoms with van der Waals surface area (Å²) in [4.78, 5) is 17.7. The van der Waals surface area contributed by atoms with Crippen molar-refractivity contribution in [3.63, 3.8) is 0 Å². The van der Waals surface area contributed by atoms with Crippen LogP contribution in [0.2, 0.25) is 0 Å². The number of likely N-dealkylation sites (N-methyl/N-ethyl adjacent to an activating group) is 1. The van der Waals surface area contributed by atoms with Crippen LogP contribution in [0, 0.1) is 6.92 Å². The largest absolute Gasteiger partial charge is 0.497 e. The van der Waals surface area contributed by atoms with E-state index in [1.807, 2.05) is 57.1 Å². The van der Waals surface area contributed by atoms with Gasteiger partial charge in [-0.2, -0.15) is 0 Å². The Labute approximate surface area is 147 Å². The maximum Gasteiger partial charge on any atom is 0.295 e. The van der Waals surface area contributed by atoms with E-state index in [1.165, 1.54) is 0 Å². The third-order valence-corrected chi connectivity index (χ3v) is 4.78. The van der Waals surface area contributed by atoms with Gasteiger partial charge >= 0.3 is 0 Å². The molecule has 0 saturated heterocycles. The highest BCUT2D eigenvalue weighted by Crippen LogP contribution is 2.36. The molecular formula is C19H23N3O3. The number of benzene rings is 1. The lowest BCUT2D eigenvalue weighted by atomic mass is 10.1. The zero-order valence-electron chi connectivity index (χ0n) is 15.2. The zero-order valence-corrected chi connectivity index (χ0v) is 15.2. The normalized spacial score (nSPS) is 14.0. The van der Waals surface area contributed by atoms with E-state index in [1.54, 1.807) is 13.3 Å². The lowest BCUT2D eigenvalue weighted by Crippen LogP contribution is -2.35. The number of carbonyl (C=O) groups excluding carboxylic acids is 1. The molecule has 0 spiro atoms. The number of hydrogen-bond acceptors (Lipinski definition) is 5. The molecule has 6 heteroatoms. The first-order valence-corrected chi connectivity index (χ1v) is 8.18. The van der Waals surface area contributed by atoms with E-state index >= 15 is 0 Å². The summed E-state index contributed by atoms with van der Waals surface area (Å²) in [7, 11) is 5.57. The molecule has 1 aromatic carbocycles. The van der Waals surface area contributed by atoms with E-state index in [9.17, 15) is 4.79 Å². The Morgan fingerprint density at radius 1 is 1.24 bits per heavy atom. The first-order chi connectivity index (χ1) is 12.0. The summed E-state index contributed by atoms with van der Waals surface area (Å²) in [6.07, 6.45) is 1.32. The van der Waals surface area contributed by atoms with Crippen LogP contribution in [0.3, 0.4) is 0 Å². The minimum atomic E-state index is -0.484. The quantitative estimate of drug-likeness (QED) is 0.645. The third kappa shape index (κ3) is 2.82. The molecule has 0 radical (unpaired) electrons. The molecule has 3 rings (SSSR count). The monoisotopic (exact) mass is 341 g/mol. The molecule has 2 heterocycles. The number of nitrogens with zero attached hydrogens (tertiary/aromatic N) is 3. The van der Waals surface area contributed by atoms with E-state index in [0.29, 0.717) is 6.47 Å². The highest BCUT2D eigenvalue weighted by atomic mass is 16.5. The molecule has 0 fully saturated rings. The van der Waals surface area contributed by atoms with Crippen molar-refractivity contribution in [2.75, 3.05) is 21.2 Å². The molecule has 6 nitrogen and oxygen atoms in total. The third-order valence-electron chi connectivity index (χ3n) is 4.78. The molecule has 132 valence electrons. The van der Waals surface area contributed by atoms with Crippen LogP contribution >= 0.6 is 0 Å². The topological polar surface area (TPSA) is 56.6 Å². The molecular weight excluding hydrogens is 318 g/mol. The van der Waals surface area contributed by atoms with E-state index in [4.69, 9.17) is 9.47 Å². The Hall–Kier alpha value is -2.60. The van der Waals surface area contributed by atoms with E-state index < -0.39 is 6.23 Å². The fraction of sp³-hybridized carbons (Fsp3) is 0.368. The number of ether oxygens (including phenoxy) is 2. The zero-order chi connectivity index (χ0) is 18.1. The number of pyridine rings is 1. The van der Waals surface area contributed by atoms with Gasteiger partial charge in [0.15, 0.2) is 6.23 Å². The molecule has 2 unspecified atom stereocenters. The van der Waals surface area contributed by atoms with Crippen LogP contribution in [-0.2, 0) is 9.53 Å². The Kier molecular flexibility index (Phi) is 4.63. The predicted molar refractivity (Wildman–Crippen MR) is 97.9 cm³/mol. The second-order valence-electron chi connectivity index (χ2n) is 6.37. The molecule has 0 aliphatic rings. The van der Waals surface area contributed by atoms with Crippen molar-refractivity contribution < 1.29 is 14.3 Å². The van der Waals surface area contributed by atoms with Crippen molar-refractivity contribution in [1.29, 1.82) is 0 Å². The van der Waals surface area contributed by atoms with Gasteiger partial charge in [-0.3, -0.25) is 9.78 Å². The van der Waals surface area contributed by atoms with Crippen molar-refractivity contribution in [2.24, 2.45) is 0 Å². The summed E-state index contributed by atoms with van der Waals surface area (Å²) in [5.41, 5.74) is 2.80. The summed E-state index contributed by atoms with van der Waals surface area (Å²) >= 11 is 0. The van der Waals surface area contributed by atoms with Gasteiger partial charge in [-0.25, -0.2) is 0 Å². The van der Waals surface area contributed by atoms with Gasteiger partial charge in [-0.15, -0.1) is 0 Å². The molecule has 0 bridgehead atoms. The van der Waals surface area contributed by atoms with Crippen LogP contribution in [0.25, 0.3) is 21.8 Å². The second kappa shape index (κ2) is 6.72. The van der Waals surface area contributed by atoms with Gasteiger partial charge in [0.05, 0.1) is 29.9 Å². The van der Waals surface area contributed by atoms with Gasteiger partial charge in [0.2, 0.25) is 0 Å². The van der Waals surface area contributed by atoms with Crippen LogP contribution in [0.15, 0.2) is 30.5 Å². The lowest BCUT2D eigenvalue weighted by molar-refractivity contribution is -0.141. The number of rotatable bonds is 6. The van der Waals surface area contributed by atoms with Crippen LogP contribution < -0.4 is 4.74 Å². The molecule has 0 N–H and O–H groups in total. The average molecular weight is 341 g/mol. The molecule has 0 amide bonds. The summed E-state index contributed by atoms with van der Waals surface area (Å²) < 4.78 is 13.0. The smallest absolute Gasteiger partial charge is 0.295 e. The Bertz CT molecular complexity index is 917. The second-order valence-corrected chi connectivity index (χ2v) is 6.37. The molecule has 2 aromatic heterocycles. The number of fused-ring (bicyclic) bond motifs is 3. The molecule has 2 atom stereocenters. The number of hydrogen-bond donors (Lipinski definition) is 0. The number of aryl methyl sites for hydroxylation is 1. The summed E-state index contributed by atoms with van der Waals surface area (Å²) in [6, 6.07) is 7.90. The molecule has 0 aliphatic carbocycles. The lowest BCUT2D eigenvalue weighted by Gasteiger charge is -2.30. The van der Waals surface area contributed by atoms with Crippen molar-refractivity contribution in [2.45, 2.75) is 26.1 Å². The number of aromatic nitrogens is 2. The summed E-state index contributed by atoms with van der Waals surface area (Å²) in [6.45, 7) is 4.50. The van der Waals surface area contributed by atoms with Crippen LogP contribution in [-0.4, -0.2) is 48.2 Å². The fourth-order valence-corrected chi connectivity index (χ4v) is 3.23. The van der Waals surface area contributed by atoms with Gasteiger partial charge in [-0.05, 0) is 46.1 Å². The average Bonchev–Trinajstić information content (AvgIpc) is 2.93. The fourth-order valence-electron chi connectivity index (χ4n) is 3.23. The molecule has 25 heavy (non-hydrogen) atoms. The van der Waals surface area contributed by atoms with Gasteiger partial charge in [0, 0.05) is 23.0 Å². The summed E-state index contributed by atoms with van der Waals surface area (Å²) in [5.74, 6) is 0.754. The van der Waals surface area contributed by atoms with Crippen molar-refractivity contribution in [1.82, 2.24) is 14.5 Å². The van der Waals surface area contributed by atoms with Gasteiger partial charge in [0.25, 0.3) is 6.47 Å². The van der Waals surface area contributed by atoms with Crippen molar-refractivity contribution in [3.8, 4) is 5.75 Å². The summed E-state index contributed by atoms with van der Waals surface area (Å²) in [5, 5.41) is 2.15. The van der Waals surface area contributed by atoms with Gasteiger partial charge in [0.1, 0.15) is 5.75 Å². The maximum absolute atomic E-state index is 11.2. The first kappa shape index (κ1) is 17.2. The Balaban J connectivity index is 2.41.